The number of carbonyl (C=O) groups excluding carboxylic acids is 1. The van der Waals surface area contributed by atoms with Crippen molar-refractivity contribution in [1.82, 2.24) is 10.3 Å². The first-order valence-electron chi connectivity index (χ1n) is 8.30. The molecule has 4 nitrogen and oxygen atoms in total. The van der Waals surface area contributed by atoms with Crippen LogP contribution in [0.4, 0.5) is 0 Å². The normalized spacial score (nSPS) is 20.0. The lowest BCUT2D eigenvalue weighted by Crippen LogP contribution is -2.32. The first-order valence-corrected chi connectivity index (χ1v) is 9.29. The summed E-state index contributed by atoms with van der Waals surface area (Å²) in [4.78, 5) is 17.4. The number of nitrogens with one attached hydrogen (secondary N) is 1. The van der Waals surface area contributed by atoms with Gasteiger partial charge in [0.1, 0.15) is 0 Å². The Morgan fingerprint density at radius 3 is 2.75 bits per heavy atom. The van der Waals surface area contributed by atoms with Gasteiger partial charge in [0.15, 0.2) is 0 Å². The van der Waals surface area contributed by atoms with Crippen molar-refractivity contribution in [3.05, 3.63) is 59.9 Å². The number of pyridine rings is 1. The molecule has 1 saturated carbocycles. The maximum absolute atomic E-state index is 12.2. The molecular formula is C19H22N2O2S. The molecule has 1 aliphatic rings. The molecule has 126 valence electrons. The third-order valence-electron chi connectivity index (χ3n) is 4.39. The SMILES string of the molecule is O=C(NCC1CCCC1O)c1ccc(SCc2cccnc2)cc1. The number of carbonyl (C=O) groups is 1. The third kappa shape index (κ3) is 4.58. The number of aromatic nitrogens is 1. The van der Waals surface area contributed by atoms with Crippen LogP contribution in [0.3, 0.4) is 0 Å². The fourth-order valence-electron chi connectivity index (χ4n) is 2.93. The molecule has 2 N–H and O–H groups in total. The number of nitrogens with zero attached hydrogens (tertiary/aromatic N) is 1. The second kappa shape index (κ2) is 8.31. The fraction of sp³-hybridized carbons (Fsp3) is 0.368. The van der Waals surface area contributed by atoms with Gasteiger partial charge in [0.05, 0.1) is 6.10 Å². The first-order chi connectivity index (χ1) is 11.7. The molecule has 2 aromatic rings. The van der Waals surface area contributed by atoms with Gasteiger partial charge in [-0.15, -0.1) is 11.8 Å². The molecule has 1 fully saturated rings. The predicted molar refractivity (Wildman–Crippen MR) is 95.9 cm³/mol. The molecule has 5 heteroatoms. The van der Waals surface area contributed by atoms with Gasteiger partial charge in [-0.2, -0.15) is 0 Å². The highest BCUT2D eigenvalue weighted by molar-refractivity contribution is 7.98. The van der Waals surface area contributed by atoms with Gasteiger partial charge in [-0.05, 0) is 48.7 Å². The van der Waals surface area contributed by atoms with Crippen molar-refractivity contribution in [2.24, 2.45) is 5.92 Å². The molecule has 1 aromatic heterocycles. The van der Waals surface area contributed by atoms with Crippen molar-refractivity contribution >= 4 is 17.7 Å². The third-order valence-corrected chi connectivity index (χ3v) is 5.47. The Kier molecular flexibility index (Phi) is 5.88. The molecule has 0 spiro atoms. The Hall–Kier alpha value is -1.85. The summed E-state index contributed by atoms with van der Waals surface area (Å²) in [7, 11) is 0. The zero-order chi connectivity index (χ0) is 16.8. The van der Waals surface area contributed by atoms with Gasteiger partial charge >= 0.3 is 0 Å². The van der Waals surface area contributed by atoms with Gasteiger partial charge in [-0.3, -0.25) is 9.78 Å². The van der Waals surface area contributed by atoms with Crippen LogP contribution in [-0.4, -0.2) is 28.6 Å². The maximum Gasteiger partial charge on any atom is 0.251 e. The van der Waals surface area contributed by atoms with Crippen molar-refractivity contribution in [3.63, 3.8) is 0 Å². The fourth-order valence-corrected chi connectivity index (χ4v) is 3.77. The molecule has 0 aliphatic heterocycles. The van der Waals surface area contributed by atoms with E-state index in [4.69, 9.17) is 0 Å². The van der Waals surface area contributed by atoms with Gasteiger partial charge in [-0.1, -0.05) is 12.5 Å². The first kappa shape index (κ1) is 17.0. The molecule has 0 saturated heterocycles. The van der Waals surface area contributed by atoms with E-state index in [9.17, 15) is 9.90 Å². The minimum Gasteiger partial charge on any atom is -0.393 e. The molecular weight excluding hydrogens is 320 g/mol. The summed E-state index contributed by atoms with van der Waals surface area (Å²) in [6.45, 7) is 0.553. The van der Waals surface area contributed by atoms with Gasteiger partial charge < -0.3 is 10.4 Å². The lowest BCUT2D eigenvalue weighted by atomic mass is 10.1. The average molecular weight is 342 g/mol. The molecule has 1 aliphatic carbocycles. The maximum atomic E-state index is 12.2. The number of amides is 1. The van der Waals surface area contributed by atoms with Crippen molar-refractivity contribution in [2.75, 3.05) is 6.54 Å². The number of hydrogen-bond acceptors (Lipinski definition) is 4. The van der Waals surface area contributed by atoms with Crippen LogP contribution >= 0.6 is 11.8 Å². The topological polar surface area (TPSA) is 62.2 Å². The average Bonchev–Trinajstić information content (AvgIpc) is 3.04. The number of aliphatic hydroxyl groups excluding tert-OH is 1. The second-order valence-electron chi connectivity index (χ2n) is 6.14. The molecule has 1 amide bonds. The summed E-state index contributed by atoms with van der Waals surface area (Å²) < 4.78 is 0. The van der Waals surface area contributed by atoms with Crippen molar-refractivity contribution in [1.29, 1.82) is 0 Å². The van der Waals surface area contributed by atoms with E-state index in [2.05, 4.69) is 16.4 Å². The highest BCUT2D eigenvalue weighted by Crippen LogP contribution is 2.25. The van der Waals surface area contributed by atoms with Crippen LogP contribution in [0.25, 0.3) is 0 Å². The highest BCUT2D eigenvalue weighted by atomic mass is 32.2. The summed E-state index contributed by atoms with van der Waals surface area (Å²) >= 11 is 1.72. The predicted octanol–water partition coefficient (Wildman–Crippen LogP) is 3.26. The van der Waals surface area contributed by atoms with Crippen molar-refractivity contribution < 1.29 is 9.90 Å². The number of benzene rings is 1. The van der Waals surface area contributed by atoms with Gasteiger partial charge in [-0.25, -0.2) is 0 Å². The van der Waals surface area contributed by atoms with Gasteiger partial charge in [0.25, 0.3) is 5.91 Å². The number of thioether (sulfide) groups is 1. The van der Waals surface area contributed by atoms with Crippen LogP contribution in [0.5, 0.6) is 0 Å². The van der Waals surface area contributed by atoms with Crippen LogP contribution in [0.2, 0.25) is 0 Å². The Morgan fingerprint density at radius 1 is 1.25 bits per heavy atom. The molecule has 0 radical (unpaired) electrons. The highest BCUT2D eigenvalue weighted by Gasteiger charge is 2.25. The molecule has 0 bridgehead atoms. The van der Waals surface area contributed by atoms with E-state index < -0.39 is 0 Å². The lowest BCUT2D eigenvalue weighted by Gasteiger charge is -2.15. The molecule has 2 unspecified atom stereocenters. The Balaban J connectivity index is 1.49. The Morgan fingerprint density at radius 2 is 2.08 bits per heavy atom. The summed E-state index contributed by atoms with van der Waals surface area (Å²) in [5, 5.41) is 12.7. The molecule has 3 rings (SSSR count). The quantitative estimate of drug-likeness (QED) is 0.791. The molecule has 24 heavy (non-hydrogen) atoms. The number of aliphatic hydroxyl groups is 1. The standard InChI is InChI=1S/C19H22N2O2S/c22-18-5-1-4-16(18)12-21-19(23)15-6-8-17(9-7-15)24-13-14-3-2-10-20-11-14/h2-3,6-11,16,18,22H,1,4-5,12-13H2,(H,21,23). The van der Waals surface area contributed by atoms with E-state index in [1.165, 1.54) is 5.56 Å². The van der Waals surface area contributed by atoms with Crippen LogP contribution in [0, 0.1) is 5.92 Å². The minimum atomic E-state index is -0.267. The Bertz CT molecular complexity index is 661. The van der Waals surface area contributed by atoms with Crippen LogP contribution in [0.15, 0.2) is 53.7 Å². The van der Waals surface area contributed by atoms with E-state index in [0.717, 1.165) is 29.9 Å². The summed E-state index contributed by atoms with van der Waals surface area (Å²) in [5.74, 6) is 0.986. The van der Waals surface area contributed by atoms with E-state index in [1.54, 1.807) is 18.0 Å². The Labute approximate surface area is 146 Å². The zero-order valence-electron chi connectivity index (χ0n) is 13.5. The van der Waals surface area contributed by atoms with Gasteiger partial charge in [0.2, 0.25) is 0 Å². The summed E-state index contributed by atoms with van der Waals surface area (Å²) in [6, 6.07) is 11.6. The van der Waals surface area contributed by atoms with Crippen LogP contribution in [0.1, 0.15) is 35.2 Å². The smallest absolute Gasteiger partial charge is 0.251 e. The van der Waals surface area contributed by atoms with Gasteiger partial charge in [0, 0.05) is 41.1 Å². The van der Waals surface area contributed by atoms with E-state index in [1.807, 2.05) is 36.5 Å². The monoisotopic (exact) mass is 342 g/mol. The van der Waals surface area contributed by atoms with E-state index in [-0.39, 0.29) is 17.9 Å². The summed E-state index contributed by atoms with van der Waals surface area (Å²) in [6.07, 6.45) is 6.26. The number of rotatable bonds is 6. The van der Waals surface area contributed by atoms with E-state index >= 15 is 0 Å². The second-order valence-corrected chi connectivity index (χ2v) is 7.19. The summed E-state index contributed by atoms with van der Waals surface area (Å²) in [5.41, 5.74) is 1.84. The number of hydrogen-bond donors (Lipinski definition) is 2. The van der Waals surface area contributed by atoms with Crippen LogP contribution in [-0.2, 0) is 5.75 Å². The largest absolute Gasteiger partial charge is 0.393 e. The molecule has 1 heterocycles. The van der Waals surface area contributed by atoms with Crippen molar-refractivity contribution in [3.8, 4) is 0 Å². The van der Waals surface area contributed by atoms with Crippen molar-refractivity contribution in [2.45, 2.75) is 36.0 Å². The van der Waals surface area contributed by atoms with Crippen LogP contribution < -0.4 is 5.32 Å². The zero-order valence-corrected chi connectivity index (χ0v) is 14.3. The minimum absolute atomic E-state index is 0.0714. The van der Waals surface area contributed by atoms with E-state index in [0.29, 0.717) is 12.1 Å². The molecule has 1 aromatic carbocycles. The molecule has 2 atom stereocenters. The lowest BCUT2D eigenvalue weighted by molar-refractivity contribution is 0.0916.